The normalized spacial score (nSPS) is 11.6. The minimum Gasteiger partial charge on any atom is -0.495 e. The zero-order chi connectivity index (χ0) is 20.5. The summed E-state index contributed by atoms with van der Waals surface area (Å²) in [6.45, 7) is 1.49. The highest BCUT2D eigenvalue weighted by atomic mass is 16.5. The van der Waals surface area contributed by atoms with Gasteiger partial charge in [0, 0.05) is 11.6 Å². The molecule has 148 valence electrons. The van der Waals surface area contributed by atoms with E-state index in [-0.39, 0.29) is 0 Å². The van der Waals surface area contributed by atoms with E-state index in [4.69, 9.17) is 18.9 Å². The van der Waals surface area contributed by atoms with Crippen LogP contribution in [0.5, 0.6) is 17.2 Å². The molecule has 0 aliphatic rings. The van der Waals surface area contributed by atoms with Crippen LogP contribution in [0.1, 0.15) is 12.5 Å². The summed E-state index contributed by atoms with van der Waals surface area (Å²) in [5, 5.41) is 2.67. The van der Waals surface area contributed by atoms with Crippen LogP contribution in [0.25, 0.3) is 6.08 Å². The Morgan fingerprint density at radius 1 is 0.929 bits per heavy atom. The summed E-state index contributed by atoms with van der Waals surface area (Å²) in [5.74, 6) is 0.427. The molecule has 0 spiro atoms. The number of carbonyl (C=O) groups excluding carboxylic acids is 2. The van der Waals surface area contributed by atoms with Crippen LogP contribution in [0.15, 0.2) is 48.5 Å². The molecule has 1 atom stereocenters. The first-order chi connectivity index (χ1) is 13.5. The number of para-hydroxylation sites is 3. The van der Waals surface area contributed by atoms with Gasteiger partial charge in [-0.1, -0.05) is 24.3 Å². The Morgan fingerprint density at radius 3 is 2.29 bits per heavy atom. The highest BCUT2D eigenvalue weighted by molar-refractivity contribution is 5.97. The summed E-state index contributed by atoms with van der Waals surface area (Å²) in [4.78, 5) is 24.3. The number of carbonyl (C=O) groups is 2. The third kappa shape index (κ3) is 5.26. The third-order valence-corrected chi connectivity index (χ3v) is 3.86. The second-order valence-electron chi connectivity index (χ2n) is 5.68. The molecule has 0 aliphatic carbocycles. The Morgan fingerprint density at radius 2 is 1.61 bits per heavy atom. The van der Waals surface area contributed by atoms with E-state index in [1.165, 1.54) is 40.4 Å². The molecule has 1 N–H and O–H groups in total. The molecule has 0 bridgehead atoms. The van der Waals surface area contributed by atoms with Crippen molar-refractivity contribution in [3.63, 3.8) is 0 Å². The van der Waals surface area contributed by atoms with Gasteiger partial charge in [-0.05, 0) is 31.2 Å². The van der Waals surface area contributed by atoms with Crippen molar-refractivity contribution >= 4 is 23.6 Å². The Balaban J connectivity index is 2.00. The first-order valence-corrected chi connectivity index (χ1v) is 8.53. The SMILES string of the molecule is COc1ccccc1NC(=O)[C@H](C)OC(=O)/C=C/c1cccc(OC)c1OC. The van der Waals surface area contributed by atoms with E-state index >= 15 is 0 Å². The van der Waals surface area contributed by atoms with Gasteiger partial charge >= 0.3 is 5.97 Å². The molecule has 0 saturated carbocycles. The molecule has 7 nitrogen and oxygen atoms in total. The van der Waals surface area contributed by atoms with E-state index in [1.54, 1.807) is 42.5 Å². The zero-order valence-electron chi connectivity index (χ0n) is 16.2. The lowest BCUT2D eigenvalue weighted by Gasteiger charge is -2.14. The van der Waals surface area contributed by atoms with E-state index in [1.807, 2.05) is 0 Å². The standard InChI is InChI=1S/C21H23NO6/c1-14(21(24)22-16-9-5-6-10-17(16)25-2)28-19(23)13-12-15-8-7-11-18(26-3)20(15)27-4/h5-14H,1-4H3,(H,22,24)/b13-12+/t14-/m0/s1. The summed E-state index contributed by atoms with van der Waals surface area (Å²) in [7, 11) is 4.55. The van der Waals surface area contributed by atoms with Crippen LogP contribution in [-0.2, 0) is 14.3 Å². The molecule has 0 saturated heterocycles. The van der Waals surface area contributed by atoms with Crippen LogP contribution in [0.4, 0.5) is 5.69 Å². The molecule has 0 fully saturated rings. The average molecular weight is 385 g/mol. The van der Waals surface area contributed by atoms with Gasteiger partial charge < -0.3 is 24.3 Å². The fraction of sp³-hybridized carbons (Fsp3) is 0.238. The lowest BCUT2D eigenvalue weighted by molar-refractivity contribution is -0.148. The van der Waals surface area contributed by atoms with Crippen molar-refractivity contribution < 1.29 is 28.5 Å². The molecule has 2 aromatic carbocycles. The maximum Gasteiger partial charge on any atom is 0.331 e. The lowest BCUT2D eigenvalue weighted by atomic mass is 10.1. The number of ether oxygens (including phenoxy) is 4. The maximum atomic E-state index is 12.3. The number of benzene rings is 2. The number of hydrogen-bond acceptors (Lipinski definition) is 6. The second-order valence-corrected chi connectivity index (χ2v) is 5.68. The van der Waals surface area contributed by atoms with Crippen LogP contribution in [0, 0.1) is 0 Å². The smallest absolute Gasteiger partial charge is 0.331 e. The van der Waals surface area contributed by atoms with E-state index in [0.29, 0.717) is 28.5 Å². The van der Waals surface area contributed by atoms with Gasteiger partial charge in [-0.2, -0.15) is 0 Å². The van der Waals surface area contributed by atoms with Crippen LogP contribution in [0.3, 0.4) is 0 Å². The number of esters is 1. The summed E-state index contributed by atoms with van der Waals surface area (Å²) >= 11 is 0. The summed E-state index contributed by atoms with van der Waals surface area (Å²) < 4.78 is 20.9. The monoisotopic (exact) mass is 385 g/mol. The highest BCUT2D eigenvalue weighted by Gasteiger charge is 2.18. The largest absolute Gasteiger partial charge is 0.495 e. The highest BCUT2D eigenvalue weighted by Crippen LogP contribution is 2.31. The minimum atomic E-state index is -0.991. The molecule has 0 aliphatic heterocycles. The molecule has 0 heterocycles. The Bertz CT molecular complexity index is 862. The molecular formula is C21H23NO6. The van der Waals surface area contributed by atoms with Crippen LogP contribution >= 0.6 is 0 Å². The van der Waals surface area contributed by atoms with Crippen molar-refractivity contribution in [2.24, 2.45) is 0 Å². The van der Waals surface area contributed by atoms with Gasteiger partial charge in [-0.25, -0.2) is 4.79 Å². The van der Waals surface area contributed by atoms with Crippen LogP contribution in [0.2, 0.25) is 0 Å². The average Bonchev–Trinajstić information content (AvgIpc) is 2.71. The van der Waals surface area contributed by atoms with Crippen molar-refractivity contribution in [1.29, 1.82) is 0 Å². The van der Waals surface area contributed by atoms with Gasteiger partial charge in [0.2, 0.25) is 0 Å². The quantitative estimate of drug-likeness (QED) is 0.555. The Hall–Kier alpha value is -3.48. The summed E-state index contributed by atoms with van der Waals surface area (Å²) in [5.41, 5.74) is 1.14. The number of methoxy groups -OCH3 is 3. The predicted molar refractivity (Wildman–Crippen MR) is 106 cm³/mol. The van der Waals surface area contributed by atoms with Gasteiger partial charge in [0.25, 0.3) is 5.91 Å². The molecular weight excluding hydrogens is 362 g/mol. The van der Waals surface area contributed by atoms with Crippen molar-refractivity contribution in [3.8, 4) is 17.2 Å². The second kappa shape index (κ2) is 10.0. The predicted octanol–water partition coefficient (Wildman–Crippen LogP) is 3.30. The van der Waals surface area contributed by atoms with Gasteiger partial charge in [0.1, 0.15) is 5.75 Å². The van der Waals surface area contributed by atoms with E-state index in [0.717, 1.165) is 0 Å². The van der Waals surface area contributed by atoms with Gasteiger partial charge in [0.05, 0.1) is 27.0 Å². The summed E-state index contributed by atoms with van der Waals surface area (Å²) in [6.07, 6.45) is 1.77. The Kier molecular flexibility index (Phi) is 7.45. The molecule has 0 unspecified atom stereocenters. The minimum absolute atomic E-state index is 0.467. The van der Waals surface area contributed by atoms with E-state index < -0.39 is 18.0 Å². The first kappa shape index (κ1) is 20.8. The number of nitrogens with one attached hydrogen (secondary N) is 1. The third-order valence-electron chi connectivity index (χ3n) is 3.86. The molecule has 28 heavy (non-hydrogen) atoms. The topological polar surface area (TPSA) is 83.1 Å². The van der Waals surface area contributed by atoms with E-state index in [2.05, 4.69) is 5.32 Å². The number of amides is 1. The maximum absolute atomic E-state index is 12.3. The molecule has 2 aromatic rings. The summed E-state index contributed by atoms with van der Waals surface area (Å²) in [6, 6.07) is 12.3. The number of rotatable bonds is 8. The van der Waals surface area contributed by atoms with Crippen molar-refractivity contribution in [3.05, 3.63) is 54.1 Å². The van der Waals surface area contributed by atoms with Crippen LogP contribution < -0.4 is 19.5 Å². The molecule has 0 radical (unpaired) electrons. The van der Waals surface area contributed by atoms with Crippen LogP contribution in [-0.4, -0.2) is 39.3 Å². The van der Waals surface area contributed by atoms with Crippen molar-refractivity contribution in [1.82, 2.24) is 0 Å². The van der Waals surface area contributed by atoms with Gasteiger partial charge in [0.15, 0.2) is 17.6 Å². The van der Waals surface area contributed by atoms with Gasteiger partial charge in [-0.15, -0.1) is 0 Å². The van der Waals surface area contributed by atoms with Crippen molar-refractivity contribution in [2.45, 2.75) is 13.0 Å². The lowest BCUT2D eigenvalue weighted by Crippen LogP contribution is -2.29. The molecule has 1 amide bonds. The van der Waals surface area contributed by atoms with Gasteiger partial charge in [-0.3, -0.25) is 4.79 Å². The number of anilines is 1. The van der Waals surface area contributed by atoms with E-state index in [9.17, 15) is 9.59 Å². The molecule has 0 aromatic heterocycles. The molecule has 2 rings (SSSR count). The fourth-order valence-corrected chi connectivity index (χ4v) is 2.45. The fourth-order valence-electron chi connectivity index (χ4n) is 2.45. The Labute approximate surface area is 163 Å². The zero-order valence-corrected chi connectivity index (χ0v) is 16.2. The first-order valence-electron chi connectivity index (χ1n) is 8.53. The van der Waals surface area contributed by atoms with Crippen molar-refractivity contribution in [2.75, 3.05) is 26.6 Å². The molecule has 7 heteroatoms. The number of hydrogen-bond donors (Lipinski definition) is 1.